The Bertz CT molecular complexity index is 682. The highest BCUT2D eigenvalue weighted by molar-refractivity contribution is 5.25. The van der Waals surface area contributed by atoms with Gasteiger partial charge in [-0.15, -0.1) is 0 Å². The van der Waals surface area contributed by atoms with Gasteiger partial charge < -0.3 is 5.11 Å². The summed E-state index contributed by atoms with van der Waals surface area (Å²) in [5.41, 5.74) is 4.34. The molecule has 0 spiro atoms. The van der Waals surface area contributed by atoms with Crippen molar-refractivity contribution in [2.45, 2.75) is 83.7 Å². The van der Waals surface area contributed by atoms with Crippen molar-refractivity contribution in [2.75, 3.05) is 0 Å². The highest BCUT2D eigenvalue weighted by Crippen LogP contribution is 2.42. The summed E-state index contributed by atoms with van der Waals surface area (Å²) >= 11 is 0. The summed E-state index contributed by atoms with van der Waals surface area (Å²) in [6, 6.07) is 20.2. The number of benzene rings is 2. The van der Waals surface area contributed by atoms with Crippen LogP contribution in [0.25, 0.3) is 0 Å². The predicted octanol–water partition coefficient (Wildman–Crippen LogP) is 7.24. The van der Waals surface area contributed by atoms with Crippen LogP contribution < -0.4 is 0 Å². The molecule has 1 heteroatoms. The summed E-state index contributed by atoms with van der Waals surface area (Å²) in [6.07, 6.45) is 8.18. The van der Waals surface area contributed by atoms with E-state index in [1.165, 1.54) is 48.8 Å². The lowest BCUT2D eigenvalue weighted by Gasteiger charge is -2.34. The number of aliphatic hydroxyl groups excluding tert-OH is 1. The van der Waals surface area contributed by atoms with E-state index in [2.05, 4.69) is 75.4 Å². The van der Waals surface area contributed by atoms with Crippen LogP contribution in [0.2, 0.25) is 0 Å². The smallest absolute Gasteiger partial charge is 0.0540 e. The first-order valence-corrected chi connectivity index (χ1v) is 11.4. The lowest BCUT2D eigenvalue weighted by molar-refractivity contribution is 0.129. The second kappa shape index (κ2) is 10.3. The largest absolute Gasteiger partial charge is 0.393 e. The lowest BCUT2D eigenvalue weighted by atomic mass is 9.71. The second-order valence-electron chi connectivity index (χ2n) is 9.16. The van der Waals surface area contributed by atoms with Crippen LogP contribution in [0.1, 0.15) is 87.3 Å². The predicted molar refractivity (Wildman–Crippen MR) is 120 cm³/mol. The van der Waals surface area contributed by atoms with E-state index in [0.717, 1.165) is 24.7 Å². The fraction of sp³-hybridized carbons (Fsp3) is 0.556. The van der Waals surface area contributed by atoms with Crippen LogP contribution in [0.4, 0.5) is 0 Å². The molecule has 0 saturated heterocycles. The van der Waals surface area contributed by atoms with E-state index >= 15 is 0 Å². The molecule has 0 radical (unpaired) electrons. The van der Waals surface area contributed by atoms with Gasteiger partial charge in [-0.1, -0.05) is 74.0 Å². The summed E-state index contributed by atoms with van der Waals surface area (Å²) in [5.74, 6) is 2.63. The number of hydrogen-bond acceptors (Lipinski definition) is 1. The van der Waals surface area contributed by atoms with Crippen molar-refractivity contribution in [3.63, 3.8) is 0 Å². The van der Waals surface area contributed by atoms with Gasteiger partial charge in [0.1, 0.15) is 0 Å². The van der Waals surface area contributed by atoms with Gasteiger partial charge in [0.05, 0.1) is 6.10 Å². The summed E-state index contributed by atoms with van der Waals surface area (Å²) in [7, 11) is 0. The van der Waals surface area contributed by atoms with E-state index in [-0.39, 0.29) is 6.10 Å². The fourth-order valence-corrected chi connectivity index (χ4v) is 5.09. The summed E-state index contributed by atoms with van der Waals surface area (Å²) < 4.78 is 0. The molecule has 1 aliphatic rings. The molecule has 152 valence electrons. The third-order valence-corrected chi connectivity index (χ3v) is 7.01. The fourth-order valence-electron chi connectivity index (χ4n) is 5.09. The van der Waals surface area contributed by atoms with Crippen LogP contribution in [0, 0.1) is 18.8 Å². The van der Waals surface area contributed by atoms with E-state index < -0.39 is 0 Å². The molecule has 1 aliphatic carbocycles. The van der Waals surface area contributed by atoms with Crippen molar-refractivity contribution in [1.29, 1.82) is 0 Å². The molecule has 3 rings (SSSR count). The zero-order chi connectivity index (χ0) is 19.9. The molecule has 2 aromatic rings. The van der Waals surface area contributed by atoms with E-state index in [1.54, 1.807) is 0 Å². The zero-order valence-electron chi connectivity index (χ0n) is 18.0. The molecule has 0 aromatic heterocycles. The molecule has 1 saturated carbocycles. The number of rotatable bonds is 8. The molecule has 3 unspecified atom stereocenters. The van der Waals surface area contributed by atoms with Crippen molar-refractivity contribution in [2.24, 2.45) is 11.8 Å². The van der Waals surface area contributed by atoms with E-state index in [9.17, 15) is 5.11 Å². The third-order valence-electron chi connectivity index (χ3n) is 7.01. The highest BCUT2D eigenvalue weighted by atomic mass is 16.3. The van der Waals surface area contributed by atoms with Gasteiger partial charge in [-0.2, -0.15) is 0 Å². The molecule has 1 N–H and O–H groups in total. The average Bonchev–Trinajstić information content (AvgIpc) is 2.73. The maximum Gasteiger partial charge on any atom is 0.0540 e. The second-order valence-corrected chi connectivity index (χ2v) is 9.16. The van der Waals surface area contributed by atoms with Crippen LogP contribution >= 0.6 is 0 Å². The maximum absolute atomic E-state index is 10.2. The van der Waals surface area contributed by atoms with Crippen LogP contribution in [-0.2, 0) is 0 Å². The molecule has 2 aromatic carbocycles. The number of aliphatic hydroxyl groups is 1. The Morgan fingerprint density at radius 2 is 1.57 bits per heavy atom. The molecule has 28 heavy (non-hydrogen) atoms. The van der Waals surface area contributed by atoms with Gasteiger partial charge in [-0.3, -0.25) is 0 Å². The minimum Gasteiger partial charge on any atom is -0.393 e. The Balaban J connectivity index is 1.62. The van der Waals surface area contributed by atoms with Crippen molar-refractivity contribution in [3.05, 3.63) is 71.3 Å². The van der Waals surface area contributed by atoms with Gasteiger partial charge in [0.15, 0.2) is 0 Å². The summed E-state index contributed by atoms with van der Waals surface area (Å²) in [6.45, 7) is 6.59. The van der Waals surface area contributed by atoms with Gasteiger partial charge in [0.2, 0.25) is 0 Å². The van der Waals surface area contributed by atoms with E-state index in [1.807, 2.05) is 0 Å². The van der Waals surface area contributed by atoms with Crippen molar-refractivity contribution >= 4 is 0 Å². The molecular weight excluding hydrogens is 340 g/mol. The molecule has 0 heterocycles. The first kappa shape index (κ1) is 21.1. The summed E-state index contributed by atoms with van der Waals surface area (Å²) in [4.78, 5) is 0. The molecule has 0 amide bonds. The number of aryl methyl sites for hydroxylation is 1. The highest BCUT2D eigenvalue weighted by Gasteiger charge is 2.28. The van der Waals surface area contributed by atoms with Crippen molar-refractivity contribution in [1.82, 2.24) is 0 Å². The molecular formula is C27H38O. The minimum absolute atomic E-state index is 0.168. The lowest BCUT2D eigenvalue weighted by Crippen LogP contribution is -2.22. The minimum atomic E-state index is -0.168. The van der Waals surface area contributed by atoms with Crippen LogP contribution in [0.15, 0.2) is 54.6 Å². The maximum atomic E-state index is 10.2. The first-order chi connectivity index (χ1) is 13.6. The van der Waals surface area contributed by atoms with Crippen LogP contribution in [0.3, 0.4) is 0 Å². The topological polar surface area (TPSA) is 20.2 Å². The Labute approximate surface area is 172 Å². The van der Waals surface area contributed by atoms with Gasteiger partial charge >= 0.3 is 0 Å². The molecule has 1 nitrogen and oxygen atoms in total. The quantitative estimate of drug-likeness (QED) is 0.513. The SMILES string of the molecule is CCC(O)CC(C)C(CC1CCC(c2ccc(C)cc2)CC1)c1ccccc1. The van der Waals surface area contributed by atoms with Gasteiger partial charge in [0, 0.05) is 0 Å². The van der Waals surface area contributed by atoms with Crippen LogP contribution in [-0.4, -0.2) is 11.2 Å². The zero-order valence-corrected chi connectivity index (χ0v) is 18.0. The molecule has 1 fully saturated rings. The molecule has 3 atom stereocenters. The van der Waals surface area contributed by atoms with E-state index in [4.69, 9.17) is 0 Å². The first-order valence-electron chi connectivity index (χ1n) is 11.4. The number of hydrogen-bond donors (Lipinski definition) is 1. The Morgan fingerprint density at radius 1 is 0.929 bits per heavy atom. The van der Waals surface area contributed by atoms with Crippen molar-refractivity contribution < 1.29 is 5.11 Å². The molecule has 0 aliphatic heterocycles. The summed E-state index contributed by atoms with van der Waals surface area (Å²) in [5, 5.41) is 10.2. The third kappa shape index (κ3) is 5.70. The Morgan fingerprint density at radius 3 is 2.18 bits per heavy atom. The normalized spacial score (nSPS) is 23.1. The Hall–Kier alpha value is -1.60. The molecule has 0 bridgehead atoms. The van der Waals surface area contributed by atoms with Crippen LogP contribution in [0.5, 0.6) is 0 Å². The average molecular weight is 379 g/mol. The van der Waals surface area contributed by atoms with Gasteiger partial charge in [0.25, 0.3) is 0 Å². The standard InChI is InChI=1S/C27H38O/c1-4-26(28)18-21(3)27(25-8-6-5-7-9-25)19-22-12-16-24(17-13-22)23-14-10-20(2)11-15-23/h5-11,14-15,21-22,24,26-28H,4,12-13,16-19H2,1-3H3. The van der Waals surface area contributed by atoms with E-state index in [0.29, 0.717) is 11.8 Å². The monoisotopic (exact) mass is 378 g/mol. The van der Waals surface area contributed by atoms with Crippen molar-refractivity contribution in [3.8, 4) is 0 Å². The van der Waals surface area contributed by atoms with Gasteiger partial charge in [-0.25, -0.2) is 0 Å². The Kier molecular flexibility index (Phi) is 7.73. The van der Waals surface area contributed by atoms with Gasteiger partial charge in [-0.05, 0) is 86.7 Å².